The predicted molar refractivity (Wildman–Crippen MR) is 497 cm³/mol. The minimum Gasteiger partial charge on any atom is -0.508 e. The third-order valence-corrected chi connectivity index (χ3v) is 19.5. The van der Waals surface area contributed by atoms with Crippen LogP contribution in [0.1, 0.15) is 203 Å². The van der Waals surface area contributed by atoms with E-state index in [1.165, 1.54) is 91.0 Å². The molecule has 0 aliphatic heterocycles. The minimum absolute atomic E-state index is 0.110. The van der Waals surface area contributed by atoms with Crippen LogP contribution in [0.15, 0.2) is 250 Å². The summed E-state index contributed by atoms with van der Waals surface area (Å²) < 4.78 is 27.8. The first kappa shape index (κ1) is 99.3. The van der Waals surface area contributed by atoms with Crippen LogP contribution in [-0.2, 0) is 30.1 Å². The molecule has 0 fully saturated rings. The number of phenols is 10. The summed E-state index contributed by atoms with van der Waals surface area (Å²) in [7, 11) is 0. The highest BCUT2D eigenvalue weighted by atomic mass is 16.5. The lowest BCUT2D eigenvalue weighted by Crippen LogP contribution is -2.16. The van der Waals surface area contributed by atoms with Gasteiger partial charge in [-0.15, -0.1) is 13.2 Å². The summed E-state index contributed by atoms with van der Waals surface area (Å²) in [6.45, 7) is 33.1. The number of aromatic hydroxyl groups is 10. The SMILES string of the molecule is C/C=C/Cc1cc(/C=C/C(=O)c2ccc(O)cc2)c(OCC)cc1O.C=CC(C)(C)c1cc(/C=C/C(=O)c2ccc(O)cc2)c(OCC)cc1O.C=CCc1cc(/C=C/C(=O)c2ccc(O)cc2)c(OCC)cc1O.CCCc1cc(/C=C/C(=O)c2ccc(O)cc2)c(OCC)cc1O.CCOc1cc(O)c(C(C)(C)CC)cc1/C=C/C(=O)c1ccc(O)cc1. The number of hydrogen-bond donors (Lipinski definition) is 10. The molecule has 10 aromatic carbocycles. The van der Waals surface area contributed by atoms with Crippen molar-refractivity contribution in [2.45, 2.75) is 126 Å². The van der Waals surface area contributed by atoms with Gasteiger partial charge in [-0.25, -0.2) is 0 Å². The van der Waals surface area contributed by atoms with Crippen LogP contribution in [0.3, 0.4) is 0 Å². The van der Waals surface area contributed by atoms with Crippen molar-refractivity contribution in [1.29, 1.82) is 0 Å². The molecule has 0 radical (unpaired) electrons. The standard InChI is InChI=1S/C22H26O4.C22H24O4.C21H22O4.C20H22O4.C20H20O4/c2*1-5-22(3,4)18-13-16(21(26-6-2)14-20(18)25)9-12-19(24)15-7-10-17(23)11-8-15;1-3-5-6-16-13-17(21(25-4-2)14-20(16)24)9-12-19(23)15-7-10-18(22)11-8-15;2*1-3-5-15-12-16(20(24-4-2)13-19(15)23)8-11-18(22)14-6-9-17(21)10-7-14/h7-14,23,25H,5-6H2,1-4H3;5,7-14,23,25H,1,6H2,2-4H3;3,5,7-14,22,24H,4,6H2,1-2H3;6-13,21,23H,3-5H2,1-2H3;3,6-13,21,23H,1,4-5H2,2H3/b2*12-9+;5-3+,12-9+;2*11-8+. The summed E-state index contributed by atoms with van der Waals surface area (Å²) in [6.07, 6.45) is 26.7. The number of rotatable bonds is 35. The zero-order valence-corrected chi connectivity index (χ0v) is 72.9. The molecule has 0 aliphatic rings. The summed E-state index contributed by atoms with van der Waals surface area (Å²) in [5, 5.41) is 97.4. The van der Waals surface area contributed by atoms with E-state index in [0.717, 1.165) is 52.6 Å². The number of ketones is 5. The van der Waals surface area contributed by atoms with Crippen molar-refractivity contribution in [1.82, 2.24) is 0 Å². The summed E-state index contributed by atoms with van der Waals surface area (Å²) in [5.41, 5.74) is 9.25. The Bertz CT molecular complexity index is 5490. The Labute approximate surface area is 732 Å². The molecule has 0 atom stereocenters. The number of phenolic OH excluding ortho intramolecular Hbond substituents is 10. The average Bonchev–Trinajstić information content (AvgIpc) is 0.802. The highest BCUT2D eigenvalue weighted by molar-refractivity contribution is 6.10. The Morgan fingerprint density at radius 1 is 0.328 bits per heavy atom. The normalized spacial score (nSPS) is 11.2. The largest absolute Gasteiger partial charge is 0.508 e. The maximum atomic E-state index is 12.3. The molecule has 0 aliphatic carbocycles. The number of carbonyl (C=O) groups excluding carboxylic acids is 5. The maximum absolute atomic E-state index is 12.3. The lowest BCUT2D eigenvalue weighted by Gasteiger charge is -2.25. The topological polar surface area (TPSA) is 334 Å². The van der Waals surface area contributed by atoms with Gasteiger partial charge in [-0.1, -0.05) is 72.3 Å². The molecule has 0 bridgehead atoms. The van der Waals surface area contributed by atoms with Crippen molar-refractivity contribution >= 4 is 59.3 Å². The van der Waals surface area contributed by atoms with Crippen molar-refractivity contribution in [3.05, 3.63) is 333 Å². The molecule has 10 rings (SSSR count). The highest BCUT2D eigenvalue weighted by Crippen LogP contribution is 2.41. The average molecular weight is 1700 g/mol. The third kappa shape index (κ3) is 30.5. The molecule has 654 valence electrons. The Kier molecular flexibility index (Phi) is 39.2. The molecule has 125 heavy (non-hydrogen) atoms. The Hall–Kier alpha value is -14.5. The Balaban J connectivity index is 0.000000242. The van der Waals surface area contributed by atoms with E-state index in [2.05, 4.69) is 33.9 Å². The van der Waals surface area contributed by atoms with Gasteiger partial charge in [0, 0.05) is 103 Å². The van der Waals surface area contributed by atoms with Gasteiger partial charge < -0.3 is 74.7 Å². The first-order valence-electron chi connectivity index (χ1n) is 41.1. The number of benzene rings is 10. The molecule has 20 nitrogen and oxygen atoms in total. The van der Waals surface area contributed by atoms with E-state index >= 15 is 0 Å². The first-order chi connectivity index (χ1) is 59.7. The van der Waals surface area contributed by atoms with Crippen LogP contribution < -0.4 is 23.7 Å². The quantitative estimate of drug-likeness (QED) is 0.0100. The molecular weight excluding hydrogens is 1580 g/mol. The van der Waals surface area contributed by atoms with Gasteiger partial charge in [-0.3, -0.25) is 24.0 Å². The molecule has 10 aromatic rings. The number of allylic oxidation sites excluding steroid dienone is 9. The van der Waals surface area contributed by atoms with E-state index in [1.807, 2.05) is 98.7 Å². The molecule has 0 unspecified atom stereocenters. The molecular formula is C105H114O20. The van der Waals surface area contributed by atoms with E-state index in [4.69, 9.17) is 23.7 Å². The smallest absolute Gasteiger partial charge is 0.185 e. The van der Waals surface area contributed by atoms with Crippen molar-refractivity contribution in [3.8, 4) is 86.2 Å². The fourth-order valence-electron chi connectivity index (χ4n) is 12.1. The molecule has 0 saturated carbocycles. The Morgan fingerprint density at radius 3 is 0.832 bits per heavy atom. The van der Waals surface area contributed by atoms with Crippen LogP contribution >= 0.6 is 0 Å². The molecule has 10 N–H and O–H groups in total. The van der Waals surface area contributed by atoms with Gasteiger partial charge in [0.05, 0.1) is 33.0 Å². The van der Waals surface area contributed by atoms with Gasteiger partial charge in [-0.2, -0.15) is 0 Å². The number of ether oxygens (including phenoxy) is 5. The zero-order chi connectivity index (χ0) is 91.9. The second-order valence-corrected chi connectivity index (χ2v) is 29.4. The van der Waals surface area contributed by atoms with E-state index in [0.29, 0.717) is 125 Å². The van der Waals surface area contributed by atoms with Crippen LogP contribution in [0.5, 0.6) is 86.2 Å². The van der Waals surface area contributed by atoms with E-state index in [9.17, 15) is 75.0 Å². The number of carbonyl (C=O) groups is 5. The zero-order valence-electron chi connectivity index (χ0n) is 72.9. The number of aryl methyl sites for hydroxylation is 1. The van der Waals surface area contributed by atoms with E-state index in [1.54, 1.807) is 140 Å². The van der Waals surface area contributed by atoms with Crippen LogP contribution in [0.2, 0.25) is 0 Å². The van der Waals surface area contributed by atoms with Crippen LogP contribution in [0.4, 0.5) is 0 Å². The Morgan fingerprint density at radius 2 is 0.576 bits per heavy atom. The summed E-state index contributed by atoms with van der Waals surface area (Å²) in [6, 6.07) is 47.5. The van der Waals surface area contributed by atoms with Crippen LogP contribution in [0.25, 0.3) is 30.4 Å². The second-order valence-electron chi connectivity index (χ2n) is 29.4. The van der Waals surface area contributed by atoms with E-state index < -0.39 is 5.41 Å². The predicted octanol–water partition coefficient (Wildman–Crippen LogP) is 22.9. The monoisotopic (exact) mass is 1690 g/mol. The fourth-order valence-corrected chi connectivity index (χ4v) is 12.1. The lowest BCUT2D eigenvalue weighted by atomic mass is 9.81. The van der Waals surface area contributed by atoms with E-state index in [-0.39, 0.29) is 91.8 Å². The van der Waals surface area contributed by atoms with Crippen LogP contribution in [-0.4, -0.2) is 113 Å². The fraction of sp³-hybridized carbons (Fsp3) is 0.229. The van der Waals surface area contributed by atoms with Crippen molar-refractivity contribution in [2.75, 3.05) is 33.0 Å². The molecule has 20 heteroatoms. The first-order valence-corrected chi connectivity index (χ1v) is 41.1. The number of hydrogen-bond acceptors (Lipinski definition) is 20. The molecule has 0 amide bonds. The van der Waals surface area contributed by atoms with Crippen LogP contribution in [0, 0.1) is 0 Å². The molecule has 0 saturated heterocycles. The summed E-state index contributed by atoms with van der Waals surface area (Å²) in [5.74, 6) is 3.16. The van der Waals surface area contributed by atoms with Crippen molar-refractivity contribution < 1.29 is 98.7 Å². The van der Waals surface area contributed by atoms with Gasteiger partial charge in [0.1, 0.15) is 86.2 Å². The third-order valence-electron chi connectivity index (χ3n) is 19.5. The summed E-state index contributed by atoms with van der Waals surface area (Å²) >= 11 is 0. The van der Waals surface area contributed by atoms with Crippen molar-refractivity contribution in [2.24, 2.45) is 0 Å². The summed E-state index contributed by atoms with van der Waals surface area (Å²) in [4.78, 5) is 61.3. The maximum Gasteiger partial charge on any atom is 0.185 e. The molecule has 0 heterocycles. The van der Waals surface area contributed by atoms with Crippen molar-refractivity contribution in [3.63, 3.8) is 0 Å². The van der Waals surface area contributed by atoms with Gasteiger partial charge in [0.15, 0.2) is 28.9 Å². The highest BCUT2D eigenvalue weighted by Gasteiger charge is 2.25. The molecule has 0 spiro atoms. The van der Waals surface area contributed by atoms with Gasteiger partial charge in [0.2, 0.25) is 0 Å². The van der Waals surface area contributed by atoms with Gasteiger partial charge in [-0.05, 0) is 302 Å². The second kappa shape index (κ2) is 49.4. The lowest BCUT2D eigenvalue weighted by molar-refractivity contribution is 0.103. The van der Waals surface area contributed by atoms with Gasteiger partial charge in [0.25, 0.3) is 0 Å². The minimum atomic E-state index is -0.432. The van der Waals surface area contributed by atoms with Gasteiger partial charge >= 0.3 is 0 Å². The molecule has 0 aromatic heterocycles.